The fourth-order valence-corrected chi connectivity index (χ4v) is 3.01. The van der Waals surface area contributed by atoms with Crippen LogP contribution in [0.15, 0.2) is 46.7 Å². The first-order valence-corrected chi connectivity index (χ1v) is 8.34. The minimum Gasteiger partial charge on any atom is -0.326 e. The van der Waals surface area contributed by atoms with E-state index in [2.05, 4.69) is 16.8 Å². The molecule has 1 aromatic carbocycles. The molecule has 0 saturated carbocycles. The summed E-state index contributed by atoms with van der Waals surface area (Å²) < 4.78 is 0. The van der Waals surface area contributed by atoms with Gasteiger partial charge in [0.15, 0.2) is 0 Å². The van der Waals surface area contributed by atoms with Crippen molar-refractivity contribution in [2.24, 2.45) is 0 Å². The Morgan fingerprint density at radius 1 is 1.32 bits per heavy atom. The lowest BCUT2D eigenvalue weighted by Crippen LogP contribution is -2.11. The molecule has 1 heterocycles. The average molecular weight is 291 g/mol. The van der Waals surface area contributed by atoms with E-state index < -0.39 is 0 Å². The van der Waals surface area contributed by atoms with Gasteiger partial charge in [0, 0.05) is 21.9 Å². The van der Waals surface area contributed by atoms with Crippen molar-refractivity contribution < 1.29 is 4.79 Å². The summed E-state index contributed by atoms with van der Waals surface area (Å²) >= 11 is 3.43. The first kappa shape index (κ1) is 14.2. The molecule has 2 rings (SSSR count). The van der Waals surface area contributed by atoms with Crippen LogP contribution in [0.4, 0.5) is 5.69 Å². The normalized spacial score (nSPS) is 10.4. The topological polar surface area (TPSA) is 29.1 Å². The number of benzene rings is 1. The van der Waals surface area contributed by atoms with Gasteiger partial charge in [-0.3, -0.25) is 4.79 Å². The van der Waals surface area contributed by atoms with E-state index >= 15 is 0 Å². The quantitative estimate of drug-likeness (QED) is 0.798. The van der Waals surface area contributed by atoms with E-state index in [0.29, 0.717) is 6.42 Å². The Labute approximate surface area is 122 Å². The first-order valence-electron chi connectivity index (χ1n) is 6.24. The molecule has 0 radical (unpaired) electrons. The van der Waals surface area contributed by atoms with Gasteiger partial charge >= 0.3 is 0 Å². The summed E-state index contributed by atoms with van der Waals surface area (Å²) in [6, 6.07) is 12.1. The number of hydrogen-bond donors (Lipinski definition) is 1. The molecule has 0 aliphatic carbocycles. The van der Waals surface area contributed by atoms with E-state index in [1.54, 1.807) is 23.1 Å². The fraction of sp³-hybridized carbons (Fsp3) is 0.267. The van der Waals surface area contributed by atoms with Crippen molar-refractivity contribution in [3.8, 4) is 0 Å². The van der Waals surface area contributed by atoms with Crippen LogP contribution >= 0.6 is 23.1 Å². The van der Waals surface area contributed by atoms with Crippen molar-refractivity contribution in [1.29, 1.82) is 0 Å². The van der Waals surface area contributed by atoms with E-state index in [1.807, 2.05) is 36.6 Å². The lowest BCUT2D eigenvalue weighted by Gasteiger charge is -2.06. The molecule has 2 aromatic rings. The van der Waals surface area contributed by atoms with Gasteiger partial charge in [-0.2, -0.15) is 0 Å². The number of thioether (sulfide) groups is 1. The maximum absolute atomic E-state index is 11.8. The maximum Gasteiger partial charge on any atom is 0.224 e. The fourth-order valence-electron chi connectivity index (χ4n) is 1.80. The smallest absolute Gasteiger partial charge is 0.224 e. The minimum absolute atomic E-state index is 0.0924. The number of thiophene rings is 1. The van der Waals surface area contributed by atoms with Crippen LogP contribution in [-0.4, -0.2) is 12.2 Å². The van der Waals surface area contributed by atoms with Gasteiger partial charge in [-0.1, -0.05) is 12.1 Å². The van der Waals surface area contributed by atoms with Gasteiger partial charge in [-0.25, -0.2) is 0 Å². The molecular weight excluding hydrogens is 274 g/mol. The van der Waals surface area contributed by atoms with Gasteiger partial charge in [0.05, 0.1) is 0 Å². The van der Waals surface area contributed by atoms with E-state index in [-0.39, 0.29) is 5.91 Å². The summed E-state index contributed by atoms with van der Waals surface area (Å²) in [5, 5.41) is 5.02. The number of anilines is 1. The standard InChI is InChI=1S/C15H17NOS2/c1-18-14-7-2-5-12(11-14)16-15(17)9-3-6-13-8-4-10-19-13/h2,4-5,7-8,10-11H,3,6,9H2,1H3,(H,16,17). The second-order valence-corrected chi connectivity index (χ2v) is 6.12. The predicted molar refractivity (Wildman–Crippen MR) is 84.1 cm³/mol. The Balaban J connectivity index is 1.77. The van der Waals surface area contributed by atoms with Crippen molar-refractivity contribution in [2.75, 3.05) is 11.6 Å². The third-order valence-corrected chi connectivity index (χ3v) is 4.42. The van der Waals surface area contributed by atoms with Gasteiger partial charge in [0.1, 0.15) is 0 Å². The SMILES string of the molecule is CSc1cccc(NC(=O)CCCc2cccs2)c1. The van der Waals surface area contributed by atoms with Crippen molar-refractivity contribution >= 4 is 34.7 Å². The molecule has 0 bridgehead atoms. The van der Waals surface area contributed by atoms with Crippen LogP contribution < -0.4 is 5.32 Å². The van der Waals surface area contributed by atoms with E-state index in [4.69, 9.17) is 0 Å². The molecule has 4 heteroatoms. The molecule has 0 atom stereocenters. The maximum atomic E-state index is 11.8. The molecule has 2 nitrogen and oxygen atoms in total. The highest BCUT2D eigenvalue weighted by atomic mass is 32.2. The predicted octanol–water partition coefficient (Wildman–Crippen LogP) is 4.43. The lowest BCUT2D eigenvalue weighted by atomic mass is 10.2. The van der Waals surface area contributed by atoms with Gasteiger partial charge in [0.25, 0.3) is 0 Å². The van der Waals surface area contributed by atoms with Crippen LogP contribution in [0.5, 0.6) is 0 Å². The van der Waals surface area contributed by atoms with Crippen molar-refractivity contribution in [3.05, 3.63) is 46.7 Å². The number of amides is 1. The molecule has 1 aromatic heterocycles. The molecule has 0 aliphatic heterocycles. The molecule has 0 unspecified atom stereocenters. The molecule has 19 heavy (non-hydrogen) atoms. The highest BCUT2D eigenvalue weighted by Gasteiger charge is 2.03. The molecule has 0 saturated heterocycles. The van der Waals surface area contributed by atoms with Gasteiger partial charge in [0.2, 0.25) is 5.91 Å². The Hall–Kier alpha value is -1.26. The van der Waals surface area contributed by atoms with Crippen LogP contribution in [0, 0.1) is 0 Å². The van der Waals surface area contributed by atoms with Crippen LogP contribution in [0.3, 0.4) is 0 Å². The minimum atomic E-state index is 0.0924. The number of carbonyl (C=O) groups is 1. The number of rotatable bonds is 6. The second-order valence-electron chi connectivity index (χ2n) is 4.21. The van der Waals surface area contributed by atoms with Gasteiger partial charge in [-0.05, 0) is 48.7 Å². The van der Waals surface area contributed by atoms with Crippen LogP contribution in [-0.2, 0) is 11.2 Å². The van der Waals surface area contributed by atoms with E-state index in [9.17, 15) is 4.79 Å². The summed E-state index contributed by atoms with van der Waals surface area (Å²) in [5.41, 5.74) is 0.882. The lowest BCUT2D eigenvalue weighted by molar-refractivity contribution is -0.116. The third-order valence-electron chi connectivity index (χ3n) is 2.76. The first-order chi connectivity index (χ1) is 9.28. The molecule has 100 valence electrons. The summed E-state index contributed by atoms with van der Waals surface area (Å²) in [5.74, 6) is 0.0924. The van der Waals surface area contributed by atoms with E-state index in [0.717, 1.165) is 23.4 Å². The second kappa shape index (κ2) is 7.36. The number of hydrogen-bond acceptors (Lipinski definition) is 3. The van der Waals surface area contributed by atoms with Gasteiger partial charge < -0.3 is 5.32 Å². The van der Waals surface area contributed by atoms with Crippen LogP contribution in [0.2, 0.25) is 0 Å². The number of nitrogens with one attached hydrogen (secondary N) is 1. The molecule has 0 aliphatic rings. The third kappa shape index (κ3) is 4.73. The average Bonchev–Trinajstić information content (AvgIpc) is 2.92. The monoisotopic (exact) mass is 291 g/mol. The largest absolute Gasteiger partial charge is 0.326 e. The zero-order chi connectivity index (χ0) is 13.5. The molecule has 1 amide bonds. The molecular formula is C15H17NOS2. The van der Waals surface area contributed by atoms with Crippen LogP contribution in [0.1, 0.15) is 17.7 Å². The Kier molecular flexibility index (Phi) is 5.48. The summed E-state index contributed by atoms with van der Waals surface area (Å²) in [6.07, 6.45) is 4.48. The zero-order valence-electron chi connectivity index (χ0n) is 10.9. The number of carbonyl (C=O) groups excluding carboxylic acids is 1. The molecule has 1 N–H and O–H groups in total. The van der Waals surface area contributed by atoms with Crippen molar-refractivity contribution in [1.82, 2.24) is 0 Å². The van der Waals surface area contributed by atoms with E-state index in [1.165, 1.54) is 4.88 Å². The van der Waals surface area contributed by atoms with Crippen molar-refractivity contribution in [2.45, 2.75) is 24.2 Å². The molecule has 0 spiro atoms. The Morgan fingerprint density at radius 2 is 2.21 bits per heavy atom. The Morgan fingerprint density at radius 3 is 2.95 bits per heavy atom. The summed E-state index contributed by atoms with van der Waals surface area (Å²) in [6.45, 7) is 0. The Bertz CT molecular complexity index is 523. The zero-order valence-corrected chi connectivity index (χ0v) is 12.5. The summed E-state index contributed by atoms with van der Waals surface area (Å²) in [7, 11) is 0. The molecule has 0 fully saturated rings. The summed E-state index contributed by atoms with van der Waals surface area (Å²) in [4.78, 5) is 14.3. The number of aryl methyl sites for hydroxylation is 1. The highest BCUT2D eigenvalue weighted by molar-refractivity contribution is 7.98. The van der Waals surface area contributed by atoms with Crippen molar-refractivity contribution in [3.63, 3.8) is 0 Å². The van der Waals surface area contributed by atoms with Gasteiger partial charge in [-0.15, -0.1) is 23.1 Å². The highest BCUT2D eigenvalue weighted by Crippen LogP contribution is 2.19. The van der Waals surface area contributed by atoms with Crippen LogP contribution in [0.25, 0.3) is 0 Å².